The minimum atomic E-state index is -3.87. The quantitative estimate of drug-likeness (QED) is 0.205. The summed E-state index contributed by atoms with van der Waals surface area (Å²) in [5.74, 6) is 2.93. The zero-order valence-corrected chi connectivity index (χ0v) is 21.9. The summed E-state index contributed by atoms with van der Waals surface area (Å²) < 4.78 is 54.6. The summed E-state index contributed by atoms with van der Waals surface area (Å²) in [7, 11) is -4.53. The molecule has 0 saturated heterocycles. The van der Waals surface area contributed by atoms with Crippen LogP contribution in [-0.2, 0) is 14.9 Å². The second-order valence-electron chi connectivity index (χ2n) is 8.93. The highest BCUT2D eigenvalue weighted by atomic mass is 32.2. The molecular formula is C24H33FO5SSi. The van der Waals surface area contributed by atoms with Gasteiger partial charge >= 0.3 is 10.1 Å². The van der Waals surface area contributed by atoms with Crippen molar-refractivity contribution < 1.29 is 26.5 Å². The van der Waals surface area contributed by atoms with Gasteiger partial charge in [-0.25, -0.2) is 4.39 Å². The van der Waals surface area contributed by atoms with Gasteiger partial charge in [-0.1, -0.05) is 53.5 Å². The third-order valence-corrected chi connectivity index (χ3v) is 12.6. The molecule has 2 rings (SSSR count). The van der Waals surface area contributed by atoms with Crippen molar-refractivity contribution >= 4 is 29.0 Å². The van der Waals surface area contributed by atoms with E-state index < -0.39 is 24.0 Å². The van der Waals surface area contributed by atoms with Crippen molar-refractivity contribution in [1.29, 1.82) is 0 Å². The first-order valence-corrected chi connectivity index (χ1v) is 14.7. The van der Waals surface area contributed by atoms with Crippen LogP contribution in [0.4, 0.5) is 4.39 Å². The Morgan fingerprint density at radius 3 is 2.12 bits per heavy atom. The van der Waals surface area contributed by atoms with Gasteiger partial charge in [0, 0.05) is 18.6 Å². The maximum Gasteiger partial charge on any atom is 0.306 e. The molecule has 0 unspecified atom stereocenters. The monoisotopic (exact) mass is 480 g/mol. The van der Waals surface area contributed by atoms with Crippen LogP contribution in [-0.4, -0.2) is 36.7 Å². The third kappa shape index (κ3) is 5.63. The van der Waals surface area contributed by atoms with Gasteiger partial charge in [-0.2, -0.15) is 8.42 Å². The Morgan fingerprint density at radius 2 is 1.62 bits per heavy atom. The lowest BCUT2D eigenvalue weighted by molar-refractivity contribution is 0.0511. The lowest BCUT2D eigenvalue weighted by Crippen LogP contribution is -2.43. The summed E-state index contributed by atoms with van der Waals surface area (Å²) in [6.07, 6.45) is 0.945. The van der Waals surface area contributed by atoms with Gasteiger partial charge in [0.2, 0.25) is 0 Å². The molecule has 0 fully saturated rings. The number of methoxy groups -OCH3 is 1. The summed E-state index contributed by atoms with van der Waals surface area (Å²) in [5, 5.41) is 0.876. The van der Waals surface area contributed by atoms with Gasteiger partial charge < -0.3 is 13.7 Å². The van der Waals surface area contributed by atoms with Gasteiger partial charge in [0.05, 0.1) is 11.8 Å². The number of fused-ring (bicyclic) bond motifs is 1. The molecule has 2 aromatic rings. The molecule has 0 aliphatic heterocycles. The molecule has 2 aromatic carbocycles. The Hall–Kier alpha value is -2.08. The van der Waals surface area contributed by atoms with Crippen molar-refractivity contribution in [3.05, 3.63) is 35.6 Å². The molecule has 0 spiro atoms. The number of benzene rings is 2. The molecule has 0 aliphatic carbocycles. The van der Waals surface area contributed by atoms with E-state index in [-0.39, 0.29) is 18.1 Å². The lowest BCUT2D eigenvalue weighted by Gasteiger charge is -2.38. The van der Waals surface area contributed by atoms with E-state index in [4.69, 9.17) is 13.7 Å². The Labute approximate surface area is 192 Å². The fourth-order valence-electron chi connectivity index (χ4n) is 4.54. The molecule has 176 valence electrons. The van der Waals surface area contributed by atoms with Crippen LogP contribution >= 0.6 is 0 Å². The summed E-state index contributed by atoms with van der Waals surface area (Å²) in [6, 6.07) is 6.00. The predicted molar refractivity (Wildman–Crippen MR) is 130 cm³/mol. The van der Waals surface area contributed by atoms with Crippen LogP contribution in [0.1, 0.15) is 47.1 Å². The van der Waals surface area contributed by atoms with Crippen LogP contribution in [0, 0.1) is 17.3 Å². The summed E-state index contributed by atoms with van der Waals surface area (Å²) in [5.41, 5.74) is 4.76. The van der Waals surface area contributed by atoms with Gasteiger partial charge in [-0.05, 0) is 34.1 Å². The molecule has 5 nitrogen and oxygen atoms in total. The van der Waals surface area contributed by atoms with Crippen molar-refractivity contribution in [3.63, 3.8) is 0 Å². The van der Waals surface area contributed by atoms with Crippen LogP contribution in [0.25, 0.3) is 10.8 Å². The van der Waals surface area contributed by atoms with E-state index in [0.717, 1.165) is 6.26 Å². The third-order valence-electron chi connectivity index (χ3n) is 5.86. The van der Waals surface area contributed by atoms with Crippen LogP contribution < -0.4 is 8.92 Å². The van der Waals surface area contributed by atoms with E-state index in [1.165, 1.54) is 19.2 Å². The number of ether oxygens (including phenoxy) is 2. The van der Waals surface area contributed by atoms with Gasteiger partial charge in [0.15, 0.2) is 12.5 Å². The zero-order valence-electron chi connectivity index (χ0n) is 20.1. The minimum absolute atomic E-state index is 0.0224. The normalized spacial score (nSPS) is 12.4. The minimum Gasteiger partial charge on any atom is -0.467 e. The molecule has 32 heavy (non-hydrogen) atoms. The fraction of sp³-hybridized carbons (Fsp3) is 0.500. The molecule has 0 atom stereocenters. The Bertz CT molecular complexity index is 1110. The molecular weight excluding hydrogens is 447 g/mol. The van der Waals surface area contributed by atoms with Gasteiger partial charge in [-0.15, -0.1) is 5.54 Å². The highest BCUT2D eigenvalue weighted by Gasteiger charge is 2.41. The number of hydrogen-bond donors (Lipinski definition) is 0. The maximum atomic E-state index is 15.1. The maximum absolute atomic E-state index is 15.1. The second-order valence-corrected chi connectivity index (χ2v) is 16.1. The first-order valence-electron chi connectivity index (χ1n) is 10.6. The smallest absolute Gasteiger partial charge is 0.306 e. The largest absolute Gasteiger partial charge is 0.467 e. The molecule has 0 aromatic heterocycles. The van der Waals surface area contributed by atoms with Gasteiger partial charge in [0.25, 0.3) is 0 Å². The van der Waals surface area contributed by atoms with Crippen LogP contribution in [0.15, 0.2) is 24.3 Å². The molecule has 0 saturated carbocycles. The van der Waals surface area contributed by atoms with E-state index in [0.29, 0.717) is 33.1 Å². The van der Waals surface area contributed by atoms with E-state index in [1.54, 1.807) is 12.1 Å². The van der Waals surface area contributed by atoms with Crippen molar-refractivity contribution in [2.24, 2.45) is 0 Å². The van der Waals surface area contributed by atoms with Crippen molar-refractivity contribution in [2.45, 2.75) is 58.2 Å². The highest BCUT2D eigenvalue weighted by molar-refractivity contribution is 7.86. The molecule has 8 heteroatoms. The summed E-state index contributed by atoms with van der Waals surface area (Å²) in [6.45, 7) is 13.0. The molecule has 0 aliphatic rings. The Morgan fingerprint density at radius 1 is 1.03 bits per heavy atom. The first kappa shape index (κ1) is 26.2. The molecule has 0 bridgehead atoms. The standard InChI is InChI=1S/C24H33FO5SSi/c1-16(2)32(17(3)4,18(5)6)12-11-21-22(25)10-9-19-13-20(29-15-28-7)14-23(24(19)21)30-31(8,26)27/h9-10,13-14,16-18H,15H2,1-8H3. The highest BCUT2D eigenvalue weighted by Crippen LogP contribution is 2.41. The Kier molecular flexibility index (Phi) is 8.37. The van der Waals surface area contributed by atoms with E-state index in [1.807, 2.05) is 0 Å². The van der Waals surface area contributed by atoms with Crippen molar-refractivity contribution in [1.82, 2.24) is 0 Å². The summed E-state index contributed by atoms with van der Waals surface area (Å²) >= 11 is 0. The van der Waals surface area contributed by atoms with Crippen molar-refractivity contribution in [3.8, 4) is 23.0 Å². The van der Waals surface area contributed by atoms with E-state index >= 15 is 4.39 Å². The molecule has 0 amide bonds. The zero-order chi connectivity index (χ0) is 24.3. The molecule has 0 radical (unpaired) electrons. The SMILES string of the molecule is COCOc1cc(OS(C)(=O)=O)c2c(C#C[Si](C(C)C)(C(C)C)C(C)C)c(F)ccc2c1. The average Bonchev–Trinajstić information content (AvgIpc) is 2.66. The fourth-order valence-corrected chi connectivity index (χ4v) is 10.2. The van der Waals surface area contributed by atoms with Crippen molar-refractivity contribution in [2.75, 3.05) is 20.2 Å². The lowest BCUT2D eigenvalue weighted by atomic mass is 10.0. The first-order chi connectivity index (χ1) is 14.8. The van der Waals surface area contributed by atoms with E-state index in [9.17, 15) is 8.42 Å². The van der Waals surface area contributed by atoms with Crippen LogP contribution in [0.2, 0.25) is 16.6 Å². The van der Waals surface area contributed by atoms with Crippen LogP contribution in [0.3, 0.4) is 0 Å². The molecule has 0 N–H and O–H groups in total. The number of rotatable bonds is 8. The molecule has 0 heterocycles. The van der Waals surface area contributed by atoms with E-state index in [2.05, 4.69) is 53.0 Å². The van der Waals surface area contributed by atoms with Gasteiger partial charge in [-0.3, -0.25) is 0 Å². The van der Waals surface area contributed by atoms with Crippen LogP contribution in [0.5, 0.6) is 11.5 Å². The predicted octanol–water partition coefficient (Wildman–Crippen LogP) is 5.87. The number of halogens is 1. The average molecular weight is 481 g/mol. The summed E-state index contributed by atoms with van der Waals surface area (Å²) in [4.78, 5) is 0. The topological polar surface area (TPSA) is 61.8 Å². The van der Waals surface area contributed by atoms with Gasteiger partial charge in [0.1, 0.15) is 19.6 Å². The number of hydrogen-bond acceptors (Lipinski definition) is 5. The Balaban J connectivity index is 2.86. The second kappa shape index (κ2) is 10.2.